The van der Waals surface area contributed by atoms with E-state index in [-0.39, 0.29) is 23.3 Å². The second-order valence-electron chi connectivity index (χ2n) is 5.86. The highest BCUT2D eigenvalue weighted by molar-refractivity contribution is 6.34. The van der Waals surface area contributed by atoms with E-state index in [4.69, 9.17) is 0 Å². The summed E-state index contributed by atoms with van der Waals surface area (Å²) in [5.41, 5.74) is -8.22. The first-order valence-corrected chi connectivity index (χ1v) is 7.44. The van der Waals surface area contributed by atoms with E-state index in [0.29, 0.717) is 11.0 Å². The molecule has 2 aromatic carbocycles. The average molecular weight is 407 g/mol. The Kier molecular flexibility index (Phi) is 4.26. The maximum atomic E-state index is 14.4. The molecule has 1 N–H and O–H groups in total. The summed E-state index contributed by atoms with van der Waals surface area (Å²) in [5, 5.41) is 9.32. The number of benzene rings is 2. The van der Waals surface area contributed by atoms with Crippen molar-refractivity contribution < 1.29 is 45.4 Å². The molecule has 0 unspecified atom stereocenters. The van der Waals surface area contributed by atoms with E-state index in [1.165, 1.54) is 24.3 Å². The zero-order valence-electron chi connectivity index (χ0n) is 13.4. The third-order valence-electron chi connectivity index (χ3n) is 4.22. The normalized spacial score (nSPS) is 15.2. The second-order valence-corrected chi connectivity index (χ2v) is 5.86. The van der Waals surface area contributed by atoms with Gasteiger partial charge in [-0.25, -0.2) is 9.29 Å². The molecule has 0 fully saturated rings. The lowest BCUT2D eigenvalue weighted by Gasteiger charge is -2.33. The van der Waals surface area contributed by atoms with Crippen molar-refractivity contribution in [3.05, 3.63) is 65.0 Å². The van der Waals surface area contributed by atoms with E-state index >= 15 is 0 Å². The van der Waals surface area contributed by atoms with Crippen LogP contribution in [-0.2, 0) is 5.60 Å². The molecule has 1 heterocycles. The summed E-state index contributed by atoms with van der Waals surface area (Å²) in [7, 11) is 0. The minimum atomic E-state index is -6.20. The van der Waals surface area contributed by atoms with Crippen molar-refractivity contribution in [1.29, 1.82) is 0 Å². The van der Waals surface area contributed by atoms with Crippen LogP contribution >= 0.6 is 0 Å². The summed E-state index contributed by atoms with van der Waals surface area (Å²) in [4.78, 5) is 24.9. The van der Waals surface area contributed by atoms with Gasteiger partial charge in [0.2, 0.25) is 0 Å². The van der Waals surface area contributed by atoms with Crippen LogP contribution in [0.15, 0.2) is 42.5 Å². The van der Waals surface area contributed by atoms with Gasteiger partial charge in [-0.1, -0.05) is 18.2 Å². The van der Waals surface area contributed by atoms with Gasteiger partial charge in [0.1, 0.15) is 5.82 Å². The Morgan fingerprint density at radius 3 is 1.64 bits per heavy atom. The Labute approximate surface area is 151 Å². The summed E-state index contributed by atoms with van der Waals surface area (Å²) in [6.07, 6.45) is -12.4. The van der Waals surface area contributed by atoms with Gasteiger partial charge >= 0.3 is 12.4 Å². The Morgan fingerprint density at radius 2 is 1.25 bits per heavy atom. The minimum absolute atomic E-state index is 0.0990. The largest absolute Gasteiger partial charge is 0.430 e. The molecule has 28 heavy (non-hydrogen) atoms. The number of carbonyl (C=O) groups is 2. The zero-order valence-corrected chi connectivity index (χ0v) is 13.4. The monoisotopic (exact) mass is 407 g/mol. The number of rotatable bonds is 2. The van der Waals surface area contributed by atoms with E-state index in [2.05, 4.69) is 0 Å². The third kappa shape index (κ3) is 2.65. The first-order chi connectivity index (χ1) is 12.8. The van der Waals surface area contributed by atoms with Crippen molar-refractivity contribution in [3.63, 3.8) is 0 Å². The molecule has 11 heteroatoms. The Bertz CT molecular complexity index is 932. The molecule has 0 bridgehead atoms. The first-order valence-electron chi connectivity index (χ1n) is 7.44. The van der Waals surface area contributed by atoms with Gasteiger partial charge in [0.15, 0.2) is 0 Å². The maximum absolute atomic E-state index is 14.4. The number of imide groups is 1. The van der Waals surface area contributed by atoms with Crippen LogP contribution in [-0.4, -0.2) is 29.3 Å². The lowest BCUT2D eigenvalue weighted by molar-refractivity contribution is -0.376. The predicted molar refractivity (Wildman–Crippen MR) is 80.0 cm³/mol. The predicted octanol–water partition coefficient (Wildman–Crippen LogP) is 3.94. The van der Waals surface area contributed by atoms with Crippen LogP contribution in [0.4, 0.5) is 36.4 Å². The minimum Gasteiger partial charge on any atom is -0.369 e. The van der Waals surface area contributed by atoms with E-state index in [0.717, 1.165) is 0 Å². The molecule has 0 saturated carbocycles. The van der Waals surface area contributed by atoms with Crippen molar-refractivity contribution in [3.8, 4) is 0 Å². The van der Waals surface area contributed by atoms with Crippen molar-refractivity contribution in [2.45, 2.75) is 18.0 Å². The van der Waals surface area contributed by atoms with Gasteiger partial charge in [-0.05, 0) is 24.3 Å². The van der Waals surface area contributed by atoms with Gasteiger partial charge in [0.25, 0.3) is 17.4 Å². The highest BCUT2D eigenvalue weighted by Gasteiger charge is 2.71. The number of aliphatic hydroxyl groups is 1. The molecule has 2 aromatic rings. The topological polar surface area (TPSA) is 57.6 Å². The molecule has 148 valence electrons. The van der Waals surface area contributed by atoms with Gasteiger partial charge in [-0.15, -0.1) is 0 Å². The number of fused-ring (bicyclic) bond motifs is 1. The van der Waals surface area contributed by atoms with Gasteiger partial charge in [0.05, 0.1) is 16.8 Å². The molecule has 0 aromatic heterocycles. The van der Waals surface area contributed by atoms with E-state index < -0.39 is 46.8 Å². The number of nitrogens with zero attached hydrogens (tertiary/aromatic N) is 1. The first kappa shape index (κ1) is 19.8. The third-order valence-corrected chi connectivity index (χ3v) is 4.22. The molecular weight excluding hydrogens is 399 g/mol. The smallest absolute Gasteiger partial charge is 0.369 e. The molecule has 3 rings (SSSR count). The molecular formula is C17H8F7NO3. The van der Waals surface area contributed by atoms with Crippen LogP contribution in [0.1, 0.15) is 26.3 Å². The van der Waals surface area contributed by atoms with Crippen LogP contribution in [0.5, 0.6) is 0 Å². The summed E-state index contributed by atoms with van der Waals surface area (Å²) >= 11 is 0. The summed E-state index contributed by atoms with van der Waals surface area (Å²) in [6.45, 7) is 0. The van der Waals surface area contributed by atoms with E-state index in [1.54, 1.807) is 0 Å². The van der Waals surface area contributed by atoms with Gasteiger partial charge < -0.3 is 5.11 Å². The van der Waals surface area contributed by atoms with Gasteiger partial charge in [-0.3, -0.25) is 9.59 Å². The molecule has 1 aliphatic rings. The average Bonchev–Trinajstić information content (AvgIpc) is 2.84. The van der Waals surface area contributed by atoms with E-state index in [1.807, 2.05) is 0 Å². The lowest BCUT2D eigenvalue weighted by Crippen LogP contribution is -2.54. The van der Waals surface area contributed by atoms with Crippen LogP contribution in [0, 0.1) is 5.82 Å². The molecule has 2 amide bonds. The summed E-state index contributed by atoms with van der Waals surface area (Å²) < 4.78 is 91.9. The fourth-order valence-corrected chi connectivity index (χ4v) is 2.81. The Balaban J connectivity index is 2.10. The summed E-state index contributed by atoms with van der Waals surface area (Å²) in [5.74, 6) is -3.71. The SMILES string of the molecule is O=C1c2ccccc2C(=O)N1c1ccc(C(O)(C(F)(F)F)C(F)(F)F)cc1F. The van der Waals surface area contributed by atoms with Gasteiger partial charge in [0, 0.05) is 5.56 Å². The number of hydrogen-bond donors (Lipinski definition) is 1. The van der Waals surface area contributed by atoms with Crippen molar-refractivity contribution >= 4 is 17.5 Å². The molecule has 4 nitrogen and oxygen atoms in total. The Hall–Kier alpha value is -2.95. The zero-order chi connectivity index (χ0) is 21.1. The van der Waals surface area contributed by atoms with Crippen LogP contribution < -0.4 is 4.90 Å². The van der Waals surface area contributed by atoms with Crippen LogP contribution in [0.25, 0.3) is 0 Å². The van der Waals surface area contributed by atoms with Gasteiger partial charge in [-0.2, -0.15) is 26.3 Å². The van der Waals surface area contributed by atoms with Crippen molar-refractivity contribution in [2.75, 3.05) is 4.90 Å². The van der Waals surface area contributed by atoms with Crippen molar-refractivity contribution in [1.82, 2.24) is 0 Å². The molecule has 0 aliphatic carbocycles. The number of anilines is 1. The number of carbonyl (C=O) groups excluding carboxylic acids is 2. The maximum Gasteiger partial charge on any atom is 0.430 e. The lowest BCUT2D eigenvalue weighted by atomic mass is 9.92. The highest BCUT2D eigenvalue weighted by atomic mass is 19.4. The fraction of sp³-hybridized carbons (Fsp3) is 0.176. The molecule has 0 atom stereocenters. The summed E-state index contributed by atoms with van der Waals surface area (Å²) in [6, 6.07) is 5.69. The van der Waals surface area contributed by atoms with E-state index in [9.17, 15) is 45.4 Å². The molecule has 0 spiro atoms. The second kappa shape index (κ2) is 6.03. The molecule has 0 radical (unpaired) electrons. The quantitative estimate of drug-likeness (QED) is 0.606. The Morgan fingerprint density at radius 1 is 0.786 bits per heavy atom. The standard InChI is InChI=1S/C17H8F7NO3/c18-11-7-8(15(28,16(19,20)21)17(22,23)24)5-6-12(11)25-13(26)9-3-1-2-4-10(9)14(25)27/h1-7,28H. The van der Waals surface area contributed by atoms with Crippen LogP contribution in [0.3, 0.4) is 0 Å². The number of alkyl halides is 6. The van der Waals surface area contributed by atoms with Crippen LogP contribution in [0.2, 0.25) is 0 Å². The number of halogens is 7. The molecule has 0 saturated heterocycles. The highest BCUT2D eigenvalue weighted by Crippen LogP contribution is 2.50. The fourth-order valence-electron chi connectivity index (χ4n) is 2.81. The van der Waals surface area contributed by atoms with Crippen molar-refractivity contribution in [2.24, 2.45) is 0 Å². The molecule has 1 aliphatic heterocycles. The number of hydrogen-bond acceptors (Lipinski definition) is 3. The number of amides is 2.